The van der Waals surface area contributed by atoms with Crippen LogP contribution in [0.25, 0.3) is 10.9 Å². The van der Waals surface area contributed by atoms with Gasteiger partial charge in [-0.15, -0.1) is 0 Å². The zero-order valence-electron chi connectivity index (χ0n) is 6.77. The third kappa shape index (κ3) is 1.33. The number of nitrogens with one attached hydrogen (secondary N) is 1. The van der Waals surface area contributed by atoms with Crippen molar-refractivity contribution in [2.24, 2.45) is 0 Å². The van der Waals surface area contributed by atoms with Gasteiger partial charge >= 0.3 is 0 Å². The van der Waals surface area contributed by atoms with Gasteiger partial charge in [0.25, 0.3) is 0 Å². The average Bonchev–Trinajstić information content (AvgIpc) is 2.16. The Morgan fingerprint density at radius 2 is 2.00 bits per heavy atom. The summed E-state index contributed by atoms with van der Waals surface area (Å²) >= 11 is 2.88. The largest absolute Gasteiger partial charge is 0.321 e. The van der Waals surface area contributed by atoms with E-state index in [9.17, 15) is 13.6 Å². The Hall–Kier alpha value is -1.23. The number of H-pyrrole nitrogens is 1. The molecule has 0 fully saturated rings. The van der Waals surface area contributed by atoms with Gasteiger partial charge in [-0.2, -0.15) is 0 Å². The molecule has 0 spiro atoms. The molecule has 0 saturated heterocycles. The van der Waals surface area contributed by atoms with Crippen LogP contribution in [0.5, 0.6) is 0 Å². The fourth-order valence-corrected chi connectivity index (χ4v) is 1.72. The van der Waals surface area contributed by atoms with E-state index in [0.29, 0.717) is 5.39 Å². The maximum Gasteiger partial charge on any atom is 0.248 e. The van der Waals surface area contributed by atoms with Crippen molar-refractivity contribution in [2.75, 3.05) is 0 Å². The quantitative estimate of drug-likeness (QED) is 0.725. The highest BCUT2D eigenvalue weighted by molar-refractivity contribution is 9.10. The van der Waals surface area contributed by atoms with Crippen LogP contribution in [0.2, 0.25) is 0 Å². The molecule has 0 aliphatic carbocycles. The minimum atomic E-state index is -1.00. The van der Waals surface area contributed by atoms with Crippen LogP contribution in [-0.4, -0.2) is 4.98 Å². The Balaban J connectivity index is 2.99. The molecule has 14 heavy (non-hydrogen) atoms. The summed E-state index contributed by atoms with van der Waals surface area (Å²) in [6.07, 6.45) is 0. The lowest BCUT2D eigenvalue weighted by molar-refractivity contribution is 0.506. The van der Waals surface area contributed by atoms with Gasteiger partial charge in [0.05, 0.1) is 9.99 Å². The molecule has 0 unspecified atom stereocenters. The Bertz CT molecular complexity index is 564. The van der Waals surface area contributed by atoms with Crippen molar-refractivity contribution in [3.05, 3.63) is 44.7 Å². The molecule has 0 aliphatic rings. The standard InChI is InChI=1S/C9H4BrF2NO/c10-7-8(12)5(11)3-4-1-2-6(14)13-9(4)7/h1-3H,(H,13,14). The number of halogens is 3. The minimum Gasteiger partial charge on any atom is -0.321 e. The van der Waals surface area contributed by atoms with E-state index in [-0.39, 0.29) is 15.5 Å². The predicted molar refractivity (Wildman–Crippen MR) is 52.2 cm³/mol. The van der Waals surface area contributed by atoms with Crippen LogP contribution in [0.4, 0.5) is 8.78 Å². The molecule has 1 N–H and O–H groups in total. The van der Waals surface area contributed by atoms with E-state index >= 15 is 0 Å². The van der Waals surface area contributed by atoms with Crippen LogP contribution in [0.3, 0.4) is 0 Å². The topological polar surface area (TPSA) is 32.9 Å². The van der Waals surface area contributed by atoms with Gasteiger partial charge in [-0.3, -0.25) is 4.79 Å². The highest BCUT2D eigenvalue weighted by Crippen LogP contribution is 2.26. The molecular formula is C9H4BrF2NO. The van der Waals surface area contributed by atoms with E-state index in [1.165, 1.54) is 12.1 Å². The zero-order chi connectivity index (χ0) is 10.3. The molecule has 0 radical (unpaired) electrons. The lowest BCUT2D eigenvalue weighted by atomic mass is 10.2. The van der Waals surface area contributed by atoms with E-state index in [1.807, 2.05) is 0 Å². The summed E-state index contributed by atoms with van der Waals surface area (Å²) in [7, 11) is 0. The Morgan fingerprint density at radius 1 is 1.29 bits per heavy atom. The van der Waals surface area contributed by atoms with Crippen LogP contribution >= 0.6 is 15.9 Å². The number of hydrogen-bond donors (Lipinski definition) is 1. The maximum absolute atomic E-state index is 13.0. The van der Waals surface area contributed by atoms with Crippen LogP contribution in [-0.2, 0) is 0 Å². The van der Waals surface area contributed by atoms with E-state index in [1.54, 1.807) is 0 Å². The molecule has 0 atom stereocenters. The van der Waals surface area contributed by atoms with Gasteiger partial charge in [-0.05, 0) is 28.1 Å². The second kappa shape index (κ2) is 3.16. The van der Waals surface area contributed by atoms with Crippen LogP contribution in [0.15, 0.2) is 27.5 Å². The first-order valence-corrected chi connectivity index (χ1v) is 4.55. The highest BCUT2D eigenvalue weighted by Gasteiger charge is 2.11. The zero-order valence-corrected chi connectivity index (χ0v) is 8.36. The number of rotatable bonds is 0. The number of pyridine rings is 1. The third-order valence-electron chi connectivity index (χ3n) is 1.86. The van der Waals surface area contributed by atoms with Gasteiger partial charge in [0.15, 0.2) is 11.6 Å². The molecule has 72 valence electrons. The molecular weight excluding hydrogens is 256 g/mol. The maximum atomic E-state index is 13.0. The molecule has 0 saturated carbocycles. The predicted octanol–water partition coefficient (Wildman–Crippen LogP) is 2.57. The van der Waals surface area contributed by atoms with Gasteiger partial charge in [-0.25, -0.2) is 8.78 Å². The summed E-state index contributed by atoms with van der Waals surface area (Å²) in [4.78, 5) is 13.4. The Kier molecular flexibility index (Phi) is 2.11. The van der Waals surface area contributed by atoms with E-state index < -0.39 is 11.6 Å². The summed E-state index contributed by atoms with van der Waals surface area (Å²) in [5, 5.41) is 0.440. The molecule has 0 amide bonds. The van der Waals surface area contributed by atoms with Gasteiger partial charge in [0.2, 0.25) is 5.56 Å². The van der Waals surface area contributed by atoms with Gasteiger partial charge in [0, 0.05) is 11.5 Å². The van der Waals surface area contributed by atoms with Crippen molar-refractivity contribution < 1.29 is 8.78 Å². The van der Waals surface area contributed by atoms with Crippen LogP contribution in [0, 0.1) is 11.6 Å². The third-order valence-corrected chi connectivity index (χ3v) is 2.60. The summed E-state index contributed by atoms with van der Waals surface area (Å²) in [5.74, 6) is -1.95. The number of fused-ring (bicyclic) bond motifs is 1. The first kappa shape index (κ1) is 9.33. The highest BCUT2D eigenvalue weighted by atomic mass is 79.9. The first-order chi connectivity index (χ1) is 6.59. The smallest absolute Gasteiger partial charge is 0.248 e. The van der Waals surface area contributed by atoms with Crippen LogP contribution in [0.1, 0.15) is 0 Å². The molecule has 0 aliphatic heterocycles. The number of aromatic nitrogens is 1. The van der Waals surface area contributed by atoms with Crippen molar-refractivity contribution in [3.63, 3.8) is 0 Å². The molecule has 1 aromatic heterocycles. The number of benzene rings is 1. The molecule has 2 nitrogen and oxygen atoms in total. The van der Waals surface area contributed by atoms with E-state index in [0.717, 1.165) is 6.07 Å². The molecule has 0 bridgehead atoms. The Morgan fingerprint density at radius 3 is 2.71 bits per heavy atom. The normalized spacial score (nSPS) is 10.8. The molecule has 5 heteroatoms. The molecule has 2 aromatic rings. The van der Waals surface area contributed by atoms with Crippen LogP contribution < -0.4 is 5.56 Å². The minimum absolute atomic E-state index is 0.0646. The van der Waals surface area contributed by atoms with Crippen molar-refractivity contribution in [2.45, 2.75) is 0 Å². The van der Waals surface area contributed by atoms with Gasteiger partial charge in [-0.1, -0.05) is 0 Å². The van der Waals surface area contributed by atoms with Crippen molar-refractivity contribution in [3.8, 4) is 0 Å². The van der Waals surface area contributed by atoms with E-state index in [4.69, 9.17) is 0 Å². The van der Waals surface area contributed by atoms with Crippen molar-refractivity contribution in [1.29, 1.82) is 0 Å². The summed E-state index contributed by atoms with van der Waals surface area (Å²) in [6.45, 7) is 0. The molecule has 1 aromatic carbocycles. The fourth-order valence-electron chi connectivity index (χ4n) is 1.20. The molecule has 1 heterocycles. The molecule has 2 rings (SSSR count). The van der Waals surface area contributed by atoms with E-state index in [2.05, 4.69) is 20.9 Å². The second-order valence-electron chi connectivity index (χ2n) is 2.77. The second-order valence-corrected chi connectivity index (χ2v) is 3.57. The summed E-state index contributed by atoms with van der Waals surface area (Å²) in [5.41, 5.74) is -0.0967. The Labute approximate surface area is 85.7 Å². The van der Waals surface area contributed by atoms with Crippen molar-refractivity contribution in [1.82, 2.24) is 4.98 Å². The lowest BCUT2D eigenvalue weighted by Crippen LogP contribution is -2.04. The van der Waals surface area contributed by atoms with Gasteiger partial charge < -0.3 is 4.98 Å². The number of hydrogen-bond acceptors (Lipinski definition) is 1. The fraction of sp³-hybridized carbons (Fsp3) is 0. The average molecular weight is 260 g/mol. The summed E-state index contributed by atoms with van der Waals surface area (Å²) in [6, 6.07) is 3.72. The summed E-state index contributed by atoms with van der Waals surface area (Å²) < 4.78 is 25.9. The van der Waals surface area contributed by atoms with Crippen molar-refractivity contribution >= 4 is 26.8 Å². The lowest BCUT2D eigenvalue weighted by Gasteiger charge is -2.02. The van der Waals surface area contributed by atoms with Gasteiger partial charge in [0.1, 0.15) is 0 Å². The SMILES string of the molecule is O=c1ccc2cc(F)c(F)c(Br)c2[nH]1. The monoisotopic (exact) mass is 259 g/mol. The number of aromatic amines is 1. The first-order valence-electron chi connectivity index (χ1n) is 3.76.